The Morgan fingerprint density at radius 3 is 2.60 bits per heavy atom. The molecule has 1 aliphatic heterocycles. The van der Waals surface area contributed by atoms with E-state index in [9.17, 15) is 9.90 Å². The van der Waals surface area contributed by atoms with Gasteiger partial charge in [-0.1, -0.05) is 58.9 Å². The van der Waals surface area contributed by atoms with E-state index >= 15 is 0 Å². The number of benzene rings is 1. The molecule has 0 fully saturated rings. The van der Waals surface area contributed by atoms with Gasteiger partial charge in [0, 0.05) is 30.9 Å². The lowest BCUT2D eigenvalue weighted by atomic mass is 10.0. The van der Waals surface area contributed by atoms with Crippen LogP contribution in [-0.2, 0) is 17.8 Å². The lowest BCUT2D eigenvalue weighted by Crippen LogP contribution is -2.52. The van der Waals surface area contributed by atoms with Gasteiger partial charge in [-0.2, -0.15) is 0 Å². The summed E-state index contributed by atoms with van der Waals surface area (Å²) in [6.07, 6.45) is 10.6. The number of aromatic nitrogens is 1. The number of anilines is 1. The Kier molecular flexibility index (Phi) is 7.81. The van der Waals surface area contributed by atoms with Crippen molar-refractivity contribution in [3.8, 4) is 0 Å². The highest BCUT2D eigenvalue weighted by Gasteiger charge is 2.32. The molecule has 30 heavy (non-hydrogen) atoms. The molecule has 2 aromatic rings. The Morgan fingerprint density at radius 2 is 1.90 bits per heavy atom. The van der Waals surface area contributed by atoms with Crippen molar-refractivity contribution in [2.75, 3.05) is 18.6 Å². The molecular formula is C25H39N3O2. The SMILES string of the molecule is CCCCCCCCn1cc2c3c(cccc31)N(C)[C@@H](C(C)C)C(=O)N[C@H](CO)C2. The molecule has 1 aromatic carbocycles. The summed E-state index contributed by atoms with van der Waals surface area (Å²) in [6, 6.07) is 5.90. The van der Waals surface area contributed by atoms with Crippen LogP contribution in [0.1, 0.15) is 64.9 Å². The number of likely N-dealkylation sites (N-methyl/N-ethyl adjacent to an activating group) is 1. The molecule has 1 aliphatic rings. The molecule has 0 bridgehead atoms. The topological polar surface area (TPSA) is 57.5 Å². The molecule has 166 valence electrons. The normalized spacial score (nSPS) is 19.7. The molecule has 2 atom stereocenters. The monoisotopic (exact) mass is 413 g/mol. The number of rotatable bonds is 9. The zero-order valence-electron chi connectivity index (χ0n) is 19.2. The van der Waals surface area contributed by atoms with Crippen molar-refractivity contribution in [2.24, 2.45) is 5.92 Å². The minimum Gasteiger partial charge on any atom is -0.394 e. The van der Waals surface area contributed by atoms with E-state index in [0.29, 0.717) is 6.42 Å². The van der Waals surface area contributed by atoms with E-state index < -0.39 is 0 Å². The van der Waals surface area contributed by atoms with E-state index in [-0.39, 0.29) is 30.5 Å². The van der Waals surface area contributed by atoms with Gasteiger partial charge in [0.05, 0.1) is 18.2 Å². The van der Waals surface area contributed by atoms with E-state index in [1.54, 1.807) is 0 Å². The molecule has 0 saturated heterocycles. The maximum atomic E-state index is 13.0. The fourth-order valence-electron chi connectivity index (χ4n) is 4.90. The fourth-order valence-corrected chi connectivity index (χ4v) is 4.90. The molecule has 0 spiro atoms. The Hall–Kier alpha value is -2.01. The van der Waals surface area contributed by atoms with Crippen LogP contribution in [-0.4, -0.2) is 41.3 Å². The van der Waals surface area contributed by atoms with Gasteiger partial charge in [-0.05, 0) is 36.5 Å². The molecule has 1 aromatic heterocycles. The van der Waals surface area contributed by atoms with Gasteiger partial charge in [-0.3, -0.25) is 4.79 Å². The Morgan fingerprint density at radius 1 is 1.17 bits per heavy atom. The second-order valence-electron chi connectivity index (χ2n) is 9.18. The first-order valence-corrected chi connectivity index (χ1v) is 11.7. The first-order chi connectivity index (χ1) is 14.5. The highest BCUT2D eigenvalue weighted by atomic mass is 16.3. The number of aliphatic hydroxyl groups is 1. The number of aliphatic hydroxyl groups excluding tert-OH is 1. The number of carbonyl (C=O) groups excluding carboxylic acids is 1. The van der Waals surface area contributed by atoms with Gasteiger partial charge in [-0.15, -0.1) is 0 Å². The van der Waals surface area contributed by atoms with E-state index in [1.807, 2.05) is 7.05 Å². The predicted molar refractivity (Wildman–Crippen MR) is 125 cm³/mol. The Balaban J connectivity index is 1.95. The molecule has 2 heterocycles. The van der Waals surface area contributed by atoms with Gasteiger partial charge < -0.3 is 19.9 Å². The van der Waals surface area contributed by atoms with Crippen LogP contribution in [0.5, 0.6) is 0 Å². The molecular weight excluding hydrogens is 374 g/mol. The molecule has 2 N–H and O–H groups in total. The van der Waals surface area contributed by atoms with Crippen LogP contribution in [0.4, 0.5) is 5.69 Å². The number of nitrogens with zero attached hydrogens (tertiary/aromatic N) is 2. The van der Waals surface area contributed by atoms with Crippen LogP contribution in [0, 0.1) is 5.92 Å². The van der Waals surface area contributed by atoms with Crippen molar-refractivity contribution in [3.05, 3.63) is 30.0 Å². The maximum absolute atomic E-state index is 13.0. The quantitative estimate of drug-likeness (QED) is 0.595. The summed E-state index contributed by atoms with van der Waals surface area (Å²) in [5.41, 5.74) is 3.55. The average molecular weight is 414 g/mol. The molecule has 0 unspecified atom stereocenters. The molecule has 0 saturated carbocycles. The maximum Gasteiger partial charge on any atom is 0.243 e. The summed E-state index contributed by atoms with van der Waals surface area (Å²) in [5.74, 6) is 0.157. The molecule has 5 nitrogen and oxygen atoms in total. The molecule has 3 rings (SSSR count). The second kappa shape index (κ2) is 10.3. The van der Waals surface area contributed by atoms with Crippen LogP contribution >= 0.6 is 0 Å². The highest BCUT2D eigenvalue weighted by molar-refractivity contribution is 5.98. The summed E-state index contributed by atoms with van der Waals surface area (Å²) in [5, 5.41) is 14.2. The number of aryl methyl sites for hydroxylation is 1. The van der Waals surface area contributed by atoms with Crippen molar-refractivity contribution >= 4 is 22.5 Å². The average Bonchev–Trinajstić information content (AvgIpc) is 3.08. The van der Waals surface area contributed by atoms with Crippen molar-refractivity contribution in [2.45, 2.75) is 84.3 Å². The fraction of sp³-hybridized carbons (Fsp3) is 0.640. The third kappa shape index (κ3) is 4.83. The van der Waals surface area contributed by atoms with Crippen LogP contribution in [0.25, 0.3) is 10.9 Å². The first kappa shape index (κ1) is 22.7. The zero-order chi connectivity index (χ0) is 21.7. The largest absolute Gasteiger partial charge is 0.394 e. The highest BCUT2D eigenvalue weighted by Crippen LogP contribution is 2.35. The summed E-state index contributed by atoms with van der Waals surface area (Å²) in [7, 11) is 2.02. The summed E-state index contributed by atoms with van der Waals surface area (Å²) >= 11 is 0. The zero-order valence-corrected chi connectivity index (χ0v) is 19.2. The van der Waals surface area contributed by atoms with Gasteiger partial charge >= 0.3 is 0 Å². The van der Waals surface area contributed by atoms with Crippen LogP contribution in [0.15, 0.2) is 24.4 Å². The number of unbranched alkanes of at least 4 members (excludes halogenated alkanes) is 5. The molecule has 0 aliphatic carbocycles. The van der Waals surface area contributed by atoms with Crippen molar-refractivity contribution in [1.29, 1.82) is 0 Å². The second-order valence-corrected chi connectivity index (χ2v) is 9.18. The smallest absolute Gasteiger partial charge is 0.243 e. The summed E-state index contributed by atoms with van der Waals surface area (Å²) in [6.45, 7) is 7.38. The summed E-state index contributed by atoms with van der Waals surface area (Å²) in [4.78, 5) is 15.1. The number of carbonyl (C=O) groups is 1. The number of hydrogen-bond donors (Lipinski definition) is 2. The van der Waals surface area contributed by atoms with Crippen LogP contribution in [0.3, 0.4) is 0 Å². The third-order valence-corrected chi connectivity index (χ3v) is 6.45. The van der Waals surface area contributed by atoms with Gasteiger partial charge in [0.25, 0.3) is 0 Å². The molecule has 1 amide bonds. The molecule has 0 radical (unpaired) electrons. The minimum absolute atomic E-state index is 0.00587. The first-order valence-electron chi connectivity index (χ1n) is 11.7. The van der Waals surface area contributed by atoms with Crippen LogP contribution < -0.4 is 10.2 Å². The van der Waals surface area contributed by atoms with Crippen LogP contribution in [0.2, 0.25) is 0 Å². The minimum atomic E-state index is -0.266. The van der Waals surface area contributed by atoms with E-state index in [0.717, 1.165) is 12.2 Å². The Labute approximate surface area is 181 Å². The predicted octanol–water partition coefficient (Wildman–Crippen LogP) is 4.50. The number of hydrogen-bond acceptors (Lipinski definition) is 3. The van der Waals surface area contributed by atoms with E-state index in [4.69, 9.17) is 0 Å². The Bertz CT molecular complexity index is 842. The lowest BCUT2D eigenvalue weighted by Gasteiger charge is -2.32. The van der Waals surface area contributed by atoms with Gasteiger partial charge in [-0.25, -0.2) is 0 Å². The van der Waals surface area contributed by atoms with Gasteiger partial charge in [0.15, 0.2) is 0 Å². The number of nitrogens with one attached hydrogen (secondary N) is 1. The standard InChI is InChI=1S/C25H39N3O2/c1-5-6-7-8-9-10-14-28-16-19-15-20(17-29)26-25(30)24(18(2)3)27(4)21-12-11-13-22(28)23(19)21/h11-13,16,18,20,24,29H,5-10,14-15,17H2,1-4H3,(H,26,30)/t20-,24-/m0/s1. The van der Waals surface area contributed by atoms with Gasteiger partial charge in [0.1, 0.15) is 6.04 Å². The van der Waals surface area contributed by atoms with Crippen molar-refractivity contribution in [1.82, 2.24) is 9.88 Å². The van der Waals surface area contributed by atoms with E-state index in [1.165, 1.54) is 55.0 Å². The van der Waals surface area contributed by atoms with E-state index in [2.05, 4.69) is 60.0 Å². The van der Waals surface area contributed by atoms with Gasteiger partial charge in [0.2, 0.25) is 5.91 Å². The van der Waals surface area contributed by atoms with Crippen molar-refractivity contribution in [3.63, 3.8) is 0 Å². The molecule has 5 heteroatoms. The summed E-state index contributed by atoms with van der Waals surface area (Å²) < 4.78 is 2.38. The third-order valence-electron chi connectivity index (χ3n) is 6.45. The number of amides is 1. The lowest BCUT2D eigenvalue weighted by molar-refractivity contribution is -0.124. The van der Waals surface area contributed by atoms with Crippen molar-refractivity contribution < 1.29 is 9.90 Å².